The van der Waals surface area contributed by atoms with Crippen molar-refractivity contribution in [1.29, 1.82) is 0 Å². The molecule has 0 bridgehead atoms. The van der Waals surface area contributed by atoms with E-state index >= 15 is 0 Å². The molecule has 1 aromatic heterocycles. The Balaban J connectivity index is 1.42. The van der Waals surface area contributed by atoms with Gasteiger partial charge >= 0.3 is 0 Å². The van der Waals surface area contributed by atoms with E-state index in [0.717, 1.165) is 42.3 Å². The van der Waals surface area contributed by atoms with Crippen LogP contribution in [0.2, 0.25) is 0 Å². The maximum absolute atomic E-state index is 11.9. The van der Waals surface area contributed by atoms with Gasteiger partial charge in [-0.2, -0.15) is 0 Å². The van der Waals surface area contributed by atoms with Crippen LogP contribution in [0.5, 0.6) is 0 Å². The largest absolute Gasteiger partial charge is 0.353 e. The molecule has 1 atom stereocenters. The summed E-state index contributed by atoms with van der Waals surface area (Å²) in [4.78, 5) is 16.3. The molecule has 1 aliphatic carbocycles. The van der Waals surface area contributed by atoms with Crippen molar-refractivity contribution in [2.45, 2.75) is 57.8 Å². The van der Waals surface area contributed by atoms with Gasteiger partial charge in [-0.25, -0.2) is 4.98 Å². The molecule has 1 spiro atoms. The van der Waals surface area contributed by atoms with Crippen molar-refractivity contribution in [3.8, 4) is 0 Å². The van der Waals surface area contributed by atoms with E-state index in [1.807, 2.05) is 12.3 Å². The monoisotopic (exact) mass is 324 g/mol. The summed E-state index contributed by atoms with van der Waals surface area (Å²) in [6.07, 6.45) is 4.55. The summed E-state index contributed by atoms with van der Waals surface area (Å²) in [5.41, 5.74) is 0.835. The minimum atomic E-state index is -0.381. The minimum Gasteiger partial charge on any atom is -0.353 e. The molecule has 1 aliphatic heterocycles. The van der Waals surface area contributed by atoms with Crippen LogP contribution in [0.25, 0.3) is 0 Å². The molecule has 6 heteroatoms. The van der Waals surface area contributed by atoms with Crippen LogP contribution in [0.1, 0.15) is 43.3 Å². The predicted octanol–water partition coefficient (Wildman–Crippen LogP) is 2.43. The van der Waals surface area contributed by atoms with Crippen LogP contribution >= 0.6 is 11.3 Å². The lowest BCUT2D eigenvalue weighted by atomic mass is 9.86. The van der Waals surface area contributed by atoms with Crippen LogP contribution in [-0.2, 0) is 20.7 Å². The van der Waals surface area contributed by atoms with Crippen LogP contribution in [0, 0.1) is 12.8 Å². The number of nitrogens with one attached hydrogen (secondary N) is 1. The second-order valence-electron chi connectivity index (χ2n) is 6.48. The lowest BCUT2D eigenvalue weighted by molar-refractivity contribution is -0.191. The maximum atomic E-state index is 11.9. The Morgan fingerprint density at radius 1 is 1.50 bits per heavy atom. The van der Waals surface area contributed by atoms with Gasteiger partial charge in [0.1, 0.15) is 6.10 Å². The highest BCUT2D eigenvalue weighted by Gasteiger charge is 2.43. The first-order valence-corrected chi connectivity index (χ1v) is 8.92. The fourth-order valence-electron chi connectivity index (χ4n) is 3.13. The van der Waals surface area contributed by atoms with Gasteiger partial charge in [0, 0.05) is 24.8 Å². The van der Waals surface area contributed by atoms with Crippen molar-refractivity contribution in [2.75, 3.05) is 13.2 Å². The van der Waals surface area contributed by atoms with Crippen LogP contribution in [0.15, 0.2) is 5.38 Å². The third-order valence-corrected chi connectivity index (χ3v) is 5.31. The third-order valence-electron chi connectivity index (χ3n) is 4.48. The molecule has 122 valence electrons. The van der Waals surface area contributed by atoms with Crippen molar-refractivity contribution in [3.63, 3.8) is 0 Å². The summed E-state index contributed by atoms with van der Waals surface area (Å²) in [5.74, 6) is 0.374. The molecule has 5 nitrogen and oxygen atoms in total. The number of amides is 1. The topological polar surface area (TPSA) is 60.5 Å². The fraction of sp³-hybridized carbons (Fsp3) is 0.750. The first kappa shape index (κ1) is 15.9. The molecule has 2 fully saturated rings. The quantitative estimate of drug-likeness (QED) is 0.924. The van der Waals surface area contributed by atoms with Crippen LogP contribution in [0.4, 0.5) is 0 Å². The number of carbonyl (C=O) groups is 1. The van der Waals surface area contributed by atoms with Crippen LogP contribution in [0.3, 0.4) is 0 Å². The summed E-state index contributed by atoms with van der Waals surface area (Å²) >= 11 is 1.57. The molecule has 1 saturated carbocycles. The summed E-state index contributed by atoms with van der Waals surface area (Å²) in [5, 5.41) is 5.86. The van der Waals surface area contributed by atoms with Crippen molar-refractivity contribution < 1.29 is 14.3 Å². The molecular formula is C16H24N2O3S. The molecule has 1 N–H and O–H groups in total. The number of hydrogen-bond acceptors (Lipinski definition) is 5. The molecule has 1 amide bonds. The molecule has 2 heterocycles. The normalized spacial score (nSPS) is 31.5. The third kappa shape index (κ3) is 3.86. The van der Waals surface area contributed by atoms with Gasteiger partial charge in [-0.1, -0.05) is 6.92 Å². The summed E-state index contributed by atoms with van der Waals surface area (Å²) < 4.78 is 12.0. The molecule has 1 unspecified atom stereocenters. The lowest BCUT2D eigenvalue weighted by Gasteiger charge is -2.34. The number of carbonyl (C=O) groups excluding carboxylic acids is 1. The zero-order valence-corrected chi connectivity index (χ0v) is 14.1. The highest BCUT2D eigenvalue weighted by molar-refractivity contribution is 7.09. The molecular weight excluding hydrogens is 300 g/mol. The standard InChI is InChI=1S/C16H24N2O3S/c1-11-3-5-16(6-4-11)20-9-14(21-16)8-17-15(19)7-13-10-22-12(2)18-13/h10-11,14H,3-9H2,1-2H3,(H,17,19). The van der Waals surface area contributed by atoms with Gasteiger partial charge in [0.15, 0.2) is 5.79 Å². The molecule has 0 radical (unpaired) electrons. The van der Waals surface area contributed by atoms with E-state index in [1.54, 1.807) is 11.3 Å². The predicted molar refractivity (Wildman–Crippen MR) is 84.8 cm³/mol. The smallest absolute Gasteiger partial charge is 0.226 e. The molecule has 2 aliphatic rings. The van der Waals surface area contributed by atoms with Gasteiger partial charge in [0.2, 0.25) is 5.91 Å². The average molecular weight is 324 g/mol. The Morgan fingerprint density at radius 3 is 2.95 bits per heavy atom. The Kier molecular flexibility index (Phi) is 4.80. The number of aromatic nitrogens is 1. The SMILES string of the molecule is Cc1nc(CC(=O)NCC2COC3(CCC(C)CC3)O2)cs1. The van der Waals surface area contributed by atoms with E-state index in [4.69, 9.17) is 9.47 Å². The number of rotatable bonds is 4. The maximum Gasteiger partial charge on any atom is 0.226 e. The van der Waals surface area contributed by atoms with Gasteiger partial charge in [0.25, 0.3) is 0 Å². The molecule has 0 aromatic carbocycles. The Hall–Kier alpha value is -0.980. The number of ether oxygens (including phenoxy) is 2. The number of aryl methyl sites for hydroxylation is 1. The first-order chi connectivity index (χ1) is 10.5. The highest BCUT2D eigenvalue weighted by atomic mass is 32.1. The van der Waals surface area contributed by atoms with Crippen molar-refractivity contribution in [3.05, 3.63) is 16.1 Å². The summed E-state index contributed by atoms with van der Waals surface area (Å²) in [6.45, 7) is 5.31. The van der Waals surface area contributed by atoms with E-state index in [1.165, 1.54) is 0 Å². The van der Waals surface area contributed by atoms with Crippen LogP contribution < -0.4 is 5.32 Å². The zero-order chi connectivity index (χ0) is 15.6. The second kappa shape index (κ2) is 6.64. The van der Waals surface area contributed by atoms with Crippen molar-refractivity contribution in [2.24, 2.45) is 5.92 Å². The van der Waals surface area contributed by atoms with E-state index in [0.29, 0.717) is 19.6 Å². The Labute approximate surface area is 135 Å². The minimum absolute atomic E-state index is 0.00730. The van der Waals surface area contributed by atoms with Gasteiger partial charge in [-0.3, -0.25) is 4.79 Å². The summed E-state index contributed by atoms with van der Waals surface area (Å²) in [6, 6.07) is 0. The number of nitrogens with zero attached hydrogens (tertiary/aromatic N) is 1. The molecule has 1 saturated heterocycles. The Bertz CT molecular complexity index is 523. The summed E-state index contributed by atoms with van der Waals surface area (Å²) in [7, 11) is 0. The van der Waals surface area contributed by atoms with E-state index in [-0.39, 0.29) is 17.8 Å². The van der Waals surface area contributed by atoms with Crippen molar-refractivity contribution >= 4 is 17.2 Å². The van der Waals surface area contributed by atoms with Gasteiger partial charge < -0.3 is 14.8 Å². The van der Waals surface area contributed by atoms with Crippen LogP contribution in [-0.4, -0.2) is 35.9 Å². The lowest BCUT2D eigenvalue weighted by Crippen LogP contribution is -2.38. The van der Waals surface area contributed by atoms with E-state index in [2.05, 4.69) is 17.2 Å². The van der Waals surface area contributed by atoms with Gasteiger partial charge in [-0.15, -0.1) is 11.3 Å². The molecule has 1 aromatic rings. The zero-order valence-electron chi connectivity index (χ0n) is 13.3. The average Bonchev–Trinajstić information content (AvgIpc) is 3.08. The second-order valence-corrected chi connectivity index (χ2v) is 7.55. The van der Waals surface area contributed by atoms with E-state index < -0.39 is 0 Å². The van der Waals surface area contributed by atoms with Gasteiger partial charge in [-0.05, 0) is 25.7 Å². The first-order valence-electron chi connectivity index (χ1n) is 8.04. The molecule has 22 heavy (non-hydrogen) atoms. The number of thiazole rings is 1. The van der Waals surface area contributed by atoms with E-state index in [9.17, 15) is 4.79 Å². The van der Waals surface area contributed by atoms with Gasteiger partial charge in [0.05, 0.1) is 23.7 Å². The highest BCUT2D eigenvalue weighted by Crippen LogP contribution is 2.39. The Morgan fingerprint density at radius 2 is 2.27 bits per heavy atom. The molecule has 3 rings (SSSR count). The van der Waals surface area contributed by atoms with Crippen molar-refractivity contribution in [1.82, 2.24) is 10.3 Å². The number of hydrogen-bond donors (Lipinski definition) is 1. The fourth-order valence-corrected chi connectivity index (χ4v) is 3.74.